The Hall–Kier alpha value is -0.650. The Bertz CT molecular complexity index is 361. The minimum absolute atomic E-state index is 0.218. The summed E-state index contributed by atoms with van der Waals surface area (Å²) in [4.78, 5) is 12.2. The summed E-state index contributed by atoms with van der Waals surface area (Å²) in [6.45, 7) is 12.7. The van der Waals surface area contributed by atoms with Crippen molar-refractivity contribution in [3.8, 4) is 0 Å². The van der Waals surface area contributed by atoms with Gasteiger partial charge in [-0.2, -0.15) is 0 Å². The van der Waals surface area contributed by atoms with Crippen LogP contribution in [0.2, 0.25) is 0 Å². The molecule has 0 saturated heterocycles. The average molecular weight is 371 g/mol. The number of ether oxygens (including phenoxy) is 2. The van der Waals surface area contributed by atoms with Crippen molar-refractivity contribution in [1.82, 2.24) is 10.6 Å². The first-order valence-corrected chi connectivity index (χ1v) is 10.7. The zero-order chi connectivity index (χ0) is 19.2. The van der Waals surface area contributed by atoms with Crippen LogP contribution in [0.1, 0.15) is 66.2 Å². The molecule has 1 amide bonds. The summed E-state index contributed by atoms with van der Waals surface area (Å²) >= 11 is 0. The van der Waals surface area contributed by atoms with Gasteiger partial charge in [-0.3, -0.25) is 4.79 Å². The Morgan fingerprint density at radius 2 is 1.69 bits per heavy atom. The zero-order valence-corrected chi connectivity index (χ0v) is 17.5. The highest BCUT2D eigenvalue weighted by atomic mass is 16.5. The summed E-state index contributed by atoms with van der Waals surface area (Å²) in [6, 6.07) is 0.494. The number of carbonyl (C=O) groups is 1. The predicted molar refractivity (Wildman–Crippen MR) is 107 cm³/mol. The largest absolute Gasteiger partial charge is 0.378 e. The molecule has 0 bridgehead atoms. The van der Waals surface area contributed by atoms with Crippen molar-refractivity contribution in [2.75, 3.05) is 39.5 Å². The van der Waals surface area contributed by atoms with E-state index in [1.54, 1.807) is 0 Å². The fraction of sp³-hybridized carbons (Fsp3) is 0.952. The van der Waals surface area contributed by atoms with E-state index in [0.717, 1.165) is 31.2 Å². The molecule has 1 fully saturated rings. The second-order valence-electron chi connectivity index (χ2n) is 8.33. The molecule has 154 valence electrons. The molecular formula is C21H42N2O3. The highest BCUT2D eigenvalue weighted by Gasteiger charge is 2.29. The maximum absolute atomic E-state index is 12.2. The van der Waals surface area contributed by atoms with Crippen molar-refractivity contribution in [2.24, 2.45) is 17.8 Å². The highest BCUT2D eigenvalue weighted by molar-refractivity contribution is 5.78. The molecule has 0 aromatic heterocycles. The van der Waals surface area contributed by atoms with E-state index in [-0.39, 0.29) is 11.8 Å². The topological polar surface area (TPSA) is 59.6 Å². The number of hydrogen-bond acceptors (Lipinski definition) is 4. The molecule has 1 aliphatic rings. The van der Waals surface area contributed by atoms with Gasteiger partial charge in [0.2, 0.25) is 5.91 Å². The van der Waals surface area contributed by atoms with E-state index in [2.05, 4.69) is 38.3 Å². The molecule has 0 aromatic rings. The fourth-order valence-electron chi connectivity index (χ4n) is 3.52. The number of carbonyl (C=O) groups excluding carboxylic acids is 1. The van der Waals surface area contributed by atoms with Crippen molar-refractivity contribution >= 4 is 5.91 Å². The number of rotatable bonds is 15. The normalized spacial score (nSPS) is 20.2. The summed E-state index contributed by atoms with van der Waals surface area (Å²) in [5.41, 5.74) is 0. The second kappa shape index (κ2) is 14.4. The molecule has 1 saturated carbocycles. The first kappa shape index (κ1) is 23.4. The van der Waals surface area contributed by atoms with Crippen molar-refractivity contribution in [2.45, 2.75) is 72.3 Å². The quantitative estimate of drug-likeness (QED) is 0.434. The molecular weight excluding hydrogens is 328 g/mol. The molecule has 0 aliphatic heterocycles. The predicted octanol–water partition coefficient (Wildman–Crippen LogP) is 3.38. The van der Waals surface area contributed by atoms with Gasteiger partial charge in [-0.25, -0.2) is 0 Å². The van der Waals surface area contributed by atoms with Crippen molar-refractivity contribution in [3.05, 3.63) is 0 Å². The van der Waals surface area contributed by atoms with Gasteiger partial charge < -0.3 is 20.1 Å². The molecule has 2 unspecified atom stereocenters. The summed E-state index contributed by atoms with van der Waals surface area (Å²) in [7, 11) is 0. The van der Waals surface area contributed by atoms with E-state index in [1.165, 1.54) is 25.7 Å². The van der Waals surface area contributed by atoms with Crippen molar-refractivity contribution in [1.29, 1.82) is 0 Å². The van der Waals surface area contributed by atoms with Gasteiger partial charge in [0.1, 0.15) is 0 Å². The maximum atomic E-state index is 12.2. The van der Waals surface area contributed by atoms with E-state index in [4.69, 9.17) is 9.47 Å². The zero-order valence-electron chi connectivity index (χ0n) is 17.5. The SMILES string of the molecule is CC(C)CCCC1CCC(C(=O)NCCOCCOCCNC(C)C)C1. The molecule has 2 atom stereocenters. The van der Waals surface area contributed by atoms with E-state index < -0.39 is 0 Å². The van der Waals surface area contributed by atoms with Gasteiger partial charge in [0.05, 0.1) is 26.4 Å². The van der Waals surface area contributed by atoms with E-state index in [9.17, 15) is 4.79 Å². The molecule has 0 radical (unpaired) electrons. The Kier molecular flexibility index (Phi) is 13.0. The molecule has 5 heteroatoms. The molecule has 2 N–H and O–H groups in total. The van der Waals surface area contributed by atoms with Crippen LogP contribution < -0.4 is 10.6 Å². The van der Waals surface area contributed by atoms with Crippen LogP contribution in [0, 0.1) is 17.8 Å². The number of amides is 1. The van der Waals surface area contributed by atoms with E-state index in [0.29, 0.717) is 39.0 Å². The van der Waals surface area contributed by atoms with E-state index in [1.807, 2.05) is 0 Å². The first-order chi connectivity index (χ1) is 12.5. The van der Waals surface area contributed by atoms with Crippen LogP contribution >= 0.6 is 0 Å². The Balaban J connectivity index is 1.92. The smallest absolute Gasteiger partial charge is 0.223 e. The van der Waals surface area contributed by atoms with Gasteiger partial charge in [-0.05, 0) is 31.1 Å². The summed E-state index contributed by atoms with van der Waals surface area (Å²) in [6.07, 6.45) is 7.25. The van der Waals surface area contributed by atoms with Crippen LogP contribution in [-0.4, -0.2) is 51.5 Å². The minimum atomic E-state index is 0.218. The first-order valence-electron chi connectivity index (χ1n) is 10.7. The van der Waals surface area contributed by atoms with Gasteiger partial charge in [0, 0.05) is 25.0 Å². The molecule has 0 spiro atoms. The van der Waals surface area contributed by atoms with Crippen LogP contribution in [0.15, 0.2) is 0 Å². The molecule has 0 aromatic carbocycles. The van der Waals surface area contributed by atoms with Crippen LogP contribution in [-0.2, 0) is 14.3 Å². The van der Waals surface area contributed by atoms with Gasteiger partial charge >= 0.3 is 0 Å². The molecule has 5 nitrogen and oxygen atoms in total. The molecule has 1 rings (SSSR count). The Morgan fingerprint density at radius 1 is 1.00 bits per heavy atom. The van der Waals surface area contributed by atoms with Crippen LogP contribution in [0.4, 0.5) is 0 Å². The monoisotopic (exact) mass is 370 g/mol. The summed E-state index contributed by atoms with van der Waals surface area (Å²) < 4.78 is 11.0. The minimum Gasteiger partial charge on any atom is -0.378 e. The lowest BCUT2D eigenvalue weighted by Gasteiger charge is -2.13. The van der Waals surface area contributed by atoms with Crippen molar-refractivity contribution in [3.63, 3.8) is 0 Å². The second-order valence-corrected chi connectivity index (χ2v) is 8.33. The lowest BCUT2D eigenvalue weighted by atomic mass is 9.96. The van der Waals surface area contributed by atoms with Gasteiger partial charge in [0.25, 0.3) is 0 Å². The van der Waals surface area contributed by atoms with Crippen LogP contribution in [0.25, 0.3) is 0 Å². The summed E-state index contributed by atoms with van der Waals surface area (Å²) in [5.74, 6) is 1.98. The Labute approximate surface area is 161 Å². The average Bonchev–Trinajstić information content (AvgIpc) is 3.04. The third-order valence-corrected chi connectivity index (χ3v) is 5.02. The maximum Gasteiger partial charge on any atom is 0.223 e. The van der Waals surface area contributed by atoms with Gasteiger partial charge in [0.15, 0.2) is 0 Å². The molecule has 0 heterocycles. The third-order valence-electron chi connectivity index (χ3n) is 5.02. The fourth-order valence-corrected chi connectivity index (χ4v) is 3.52. The lowest BCUT2D eigenvalue weighted by Crippen LogP contribution is -2.32. The van der Waals surface area contributed by atoms with Gasteiger partial charge in [-0.15, -0.1) is 0 Å². The van der Waals surface area contributed by atoms with Gasteiger partial charge in [-0.1, -0.05) is 47.0 Å². The molecule has 26 heavy (non-hydrogen) atoms. The number of nitrogens with one attached hydrogen (secondary N) is 2. The molecule has 1 aliphatic carbocycles. The number of hydrogen-bond donors (Lipinski definition) is 2. The standard InChI is InChI=1S/C21H42N2O3/c1-17(2)6-5-7-19-8-9-20(16-19)21(24)23-11-13-26-15-14-25-12-10-22-18(3)4/h17-20,22H,5-16H2,1-4H3,(H,23,24). The van der Waals surface area contributed by atoms with Crippen molar-refractivity contribution < 1.29 is 14.3 Å². The van der Waals surface area contributed by atoms with Crippen LogP contribution in [0.5, 0.6) is 0 Å². The summed E-state index contributed by atoms with van der Waals surface area (Å²) in [5, 5.41) is 6.33. The van der Waals surface area contributed by atoms with Crippen LogP contribution in [0.3, 0.4) is 0 Å². The Morgan fingerprint density at radius 3 is 2.35 bits per heavy atom. The van der Waals surface area contributed by atoms with E-state index >= 15 is 0 Å². The lowest BCUT2D eigenvalue weighted by molar-refractivity contribution is -0.125. The third kappa shape index (κ3) is 11.9. The highest BCUT2D eigenvalue weighted by Crippen LogP contribution is 2.34.